The topological polar surface area (TPSA) is 35.5 Å². The molecular formula is C15H20F2O3. The van der Waals surface area contributed by atoms with Crippen LogP contribution >= 0.6 is 0 Å². The molecule has 3 nitrogen and oxygen atoms in total. The van der Waals surface area contributed by atoms with Crippen molar-refractivity contribution in [2.45, 2.75) is 56.7 Å². The molecule has 4 aliphatic carbocycles. The average Bonchev–Trinajstić information content (AvgIpc) is 2.31. The minimum atomic E-state index is -3.41. The summed E-state index contributed by atoms with van der Waals surface area (Å²) in [4.78, 5) is 11.4. The molecule has 4 rings (SSSR count). The highest BCUT2D eigenvalue weighted by Gasteiger charge is 2.58. The van der Waals surface area contributed by atoms with Gasteiger partial charge in [-0.1, -0.05) is 6.58 Å². The van der Waals surface area contributed by atoms with Crippen LogP contribution in [0.1, 0.15) is 39.0 Å². The van der Waals surface area contributed by atoms with Crippen molar-refractivity contribution in [1.29, 1.82) is 0 Å². The van der Waals surface area contributed by atoms with Crippen molar-refractivity contribution in [3.63, 3.8) is 0 Å². The van der Waals surface area contributed by atoms with Crippen LogP contribution in [-0.2, 0) is 14.3 Å². The van der Waals surface area contributed by atoms with Gasteiger partial charge in [-0.15, -0.1) is 0 Å². The second-order valence-corrected chi connectivity index (χ2v) is 6.70. The number of halogens is 2. The number of hydrogen-bond donors (Lipinski definition) is 0. The van der Waals surface area contributed by atoms with Gasteiger partial charge in [-0.3, -0.25) is 0 Å². The van der Waals surface area contributed by atoms with E-state index in [9.17, 15) is 13.6 Å². The van der Waals surface area contributed by atoms with Crippen LogP contribution < -0.4 is 0 Å². The van der Waals surface area contributed by atoms with Crippen molar-refractivity contribution in [2.75, 3.05) is 0 Å². The standard InChI is InChI=1S/C15H20F2O3/c1-3-19-15-6-9-4-10(7-15)12(11(5-9)8-15)20-13(18)14(2,16)17/h3,9-12H,1,4-8H2,2H3. The number of rotatable bonds is 4. The number of alkyl halides is 2. The lowest BCUT2D eigenvalue weighted by molar-refractivity contribution is -0.213. The van der Waals surface area contributed by atoms with Gasteiger partial charge in [0.25, 0.3) is 0 Å². The fourth-order valence-electron chi connectivity index (χ4n) is 4.64. The Labute approximate surface area is 117 Å². The molecular weight excluding hydrogens is 266 g/mol. The van der Waals surface area contributed by atoms with Crippen molar-refractivity contribution < 1.29 is 23.0 Å². The van der Waals surface area contributed by atoms with Gasteiger partial charge in [0.15, 0.2) is 0 Å². The summed E-state index contributed by atoms with van der Waals surface area (Å²) in [5, 5.41) is 0. The lowest BCUT2D eigenvalue weighted by Gasteiger charge is -2.58. The van der Waals surface area contributed by atoms with Crippen LogP contribution in [0.15, 0.2) is 12.8 Å². The molecule has 112 valence electrons. The zero-order chi connectivity index (χ0) is 14.5. The maximum atomic E-state index is 13.0. The monoisotopic (exact) mass is 286 g/mol. The highest BCUT2D eigenvalue weighted by molar-refractivity contribution is 5.77. The smallest absolute Gasteiger partial charge is 0.376 e. The first-order valence-corrected chi connectivity index (χ1v) is 7.21. The maximum absolute atomic E-state index is 13.0. The number of esters is 1. The average molecular weight is 286 g/mol. The quantitative estimate of drug-likeness (QED) is 0.587. The third kappa shape index (κ3) is 2.21. The normalized spacial score (nSPS) is 42.4. The first-order chi connectivity index (χ1) is 9.33. The van der Waals surface area contributed by atoms with E-state index in [1.165, 1.54) is 6.26 Å². The molecule has 0 aromatic rings. The number of carbonyl (C=O) groups excluding carboxylic acids is 1. The molecule has 0 heterocycles. The molecule has 0 radical (unpaired) electrons. The zero-order valence-corrected chi connectivity index (χ0v) is 11.6. The van der Waals surface area contributed by atoms with E-state index in [-0.39, 0.29) is 23.5 Å². The van der Waals surface area contributed by atoms with Gasteiger partial charge in [0, 0.05) is 18.8 Å². The molecule has 0 amide bonds. The van der Waals surface area contributed by atoms with Crippen molar-refractivity contribution in [2.24, 2.45) is 17.8 Å². The summed E-state index contributed by atoms with van der Waals surface area (Å²) in [5.74, 6) is -3.96. The van der Waals surface area contributed by atoms with Gasteiger partial charge in [-0.25, -0.2) is 4.79 Å². The molecule has 0 N–H and O–H groups in total. The van der Waals surface area contributed by atoms with Gasteiger partial charge in [0.1, 0.15) is 11.7 Å². The third-order valence-corrected chi connectivity index (χ3v) is 5.07. The van der Waals surface area contributed by atoms with Crippen LogP contribution in [0.3, 0.4) is 0 Å². The first kappa shape index (κ1) is 13.8. The molecule has 4 aliphatic rings. The Kier molecular flexibility index (Phi) is 3.07. The maximum Gasteiger partial charge on any atom is 0.376 e. The molecule has 4 fully saturated rings. The van der Waals surface area contributed by atoms with Gasteiger partial charge in [0.05, 0.1) is 6.26 Å². The van der Waals surface area contributed by atoms with E-state index in [1.54, 1.807) is 0 Å². The van der Waals surface area contributed by atoms with E-state index in [0.29, 0.717) is 12.8 Å². The summed E-state index contributed by atoms with van der Waals surface area (Å²) in [7, 11) is 0. The highest BCUT2D eigenvalue weighted by Crippen LogP contribution is 2.58. The van der Waals surface area contributed by atoms with Gasteiger partial charge in [-0.05, 0) is 38.0 Å². The lowest BCUT2D eigenvalue weighted by Crippen LogP contribution is -2.59. The Morgan fingerprint density at radius 2 is 1.90 bits per heavy atom. The summed E-state index contributed by atoms with van der Waals surface area (Å²) in [6.07, 6.45) is 5.58. The van der Waals surface area contributed by atoms with Crippen molar-refractivity contribution in [3.8, 4) is 0 Å². The first-order valence-electron chi connectivity index (χ1n) is 7.21. The van der Waals surface area contributed by atoms with Gasteiger partial charge in [-0.2, -0.15) is 8.78 Å². The molecule has 2 unspecified atom stereocenters. The molecule has 2 atom stereocenters. The Balaban J connectivity index is 1.74. The predicted octanol–water partition coefficient (Wildman–Crippen LogP) is 3.29. The number of hydrogen-bond acceptors (Lipinski definition) is 3. The van der Waals surface area contributed by atoms with E-state index in [0.717, 1.165) is 32.1 Å². The Morgan fingerprint density at radius 1 is 1.30 bits per heavy atom. The number of carbonyl (C=O) groups is 1. The van der Waals surface area contributed by atoms with E-state index in [2.05, 4.69) is 6.58 Å². The summed E-state index contributed by atoms with van der Waals surface area (Å²) in [6.45, 7) is 4.22. The van der Waals surface area contributed by atoms with Crippen LogP contribution in [0, 0.1) is 17.8 Å². The lowest BCUT2D eigenvalue weighted by atomic mass is 9.53. The Morgan fingerprint density at radius 3 is 2.40 bits per heavy atom. The summed E-state index contributed by atoms with van der Waals surface area (Å²) < 4.78 is 36.9. The summed E-state index contributed by atoms with van der Waals surface area (Å²) in [6, 6.07) is 0. The fourth-order valence-corrected chi connectivity index (χ4v) is 4.64. The second-order valence-electron chi connectivity index (χ2n) is 6.70. The van der Waals surface area contributed by atoms with E-state index < -0.39 is 11.9 Å². The van der Waals surface area contributed by atoms with Crippen LogP contribution in [-0.4, -0.2) is 23.6 Å². The molecule has 0 aliphatic heterocycles. The van der Waals surface area contributed by atoms with Crippen molar-refractivity contribution >= 4 is 5.97 Å². The molecule has 0 spiro atoms. The molecule has 0 saturated heterocycles. The van der Waals surface area contributed by atoms with Crippen LogP contribution in [0.2, 0.25) is 0 Å². The minimum absolute atomic E-state index is 0.146. The van der Waals surface area contributed by atoms with Gasteiger partial charge in [0.2, 0.25) is 0 Å². The van der Waals surface area contributed by atoms with Crippen LogP contribution in [0.25, 0.3) is 0 Å². The molecule has 5 heteroatoms. The number of ether oxygens (including phenoxy) is 2. The fraction of sp³-hybridized carbons (Fsp3) is 0.800. The van der Waals surface area contributed by atoms with E-state index >= 15 is 0 Å². The largest absolute Gasteiger partial charge is 0.495 e. The molecule has 0 aromatic carbocycles. The van der Waals surface area contributed by atoms with Gasteiger partial charge >= 0.3 is 11.9 Å². The molecule has 0 aromatic heterocycles. The summed E-state index contributed by atoms with van der Waals surface area (Å²) >= 11 is 0. The van der Waals surface area contributed by atoms with Crippen molar-refractivity contribution in [1.82, 2.24) is 0 Å². The highest BCUT2D eigenvalue weighted by atomic mass is 19.3. The zero-order valence-electron chi connectivity index (χ0n) is 11.6. The van der Waals surface area contributed by atoms with Crippen molar-refractivity contribution in [3.05, 3.63) is 12.8 Å². The minimum Gasteiger partial charge on any atom is -0.495 e. The van der Waals surface area contributed by atoms with Crippen LogP contribution in [0.4, 0.5) is 8.78 Å². The Bertz CT molecular complexity index is 413. The van der Waals surface area contributed by atoms with E-state index in [4.69, 9.17) is 9.47 Å². The third-order valence-electron chi connectivity index (χ3n) is 5.07. The molecule has 4 saturated carbocycles. The van der Waals surface area contributed by atoms with E-state index in [1.807, 2.05) is 0 Å². The van der Waals surface area contributed by atoms with Crippen LogP contribution in [0.5, 0.6) is 0 Å². The predicted molar refractivity (Wildman–Crippen MR) is 68.1 cm³/mol. The molecule has 4 bridgehead atoms. The molecule has 20 heavy (non-hydrogen) atoms. The van der Waals surface area contributed by atoms with Gasteiger partial charge < -0.3 is 9.47 Å². The second kappa shape index (κ2) is 4.43. The Hall–Kier alpha value is -1.13. The summed E-state index contributed by atoms with van der Waals surface area (Å²) in [5.41, 5.74) is -0.199. The SMILES string of the molecule is C=COC12CC3CC(C1)C(OC(=O)C(C)(F)F)C(C3)C2.